The van der Waals surface area contributed by atoms with Gasteiger partial charge in [-0.05, 0) is 19.4 Å². The van der Waals surface area contributed by atoms with Crippen LogP contribution in [0.4, 0.5) is 0 Å². The predicted octanol–water partition coefficient (Wildman–Crippen LogP) is 1.32. The minimum absolute atomic E-state index is 0.125. The number of nitrogens with zero attached hydrogens (tertiary/aromatic N) is 2. The number of thioether (sulfide) groups is 1. The van der Waals surface area contributed by atoms with Gasteiger partial charge in [0.05, 0.1) is 0 Å². The van der Waals surface area contributed by atoms with Crippen LogP contribution in [0.1, 0.15) is 27.7 Å². The monoisotopic (exact) mass is 258 g/mol. The third-order valence-corrected chi connectivity index (χ3v) is 3.80. The predicted molar refractivity (Wildman–Crippen MR) is 71.5 cm³/mol. The number of nitrogens with one attached hydrogen (secondary N) is 2. The molecule has 0 aromatic carbocycles. The Bertz CT molecular complexity index is 385. The van der Waals surface area contributed by atoms with Crippen molar-refractivity contribution in [2.75, 3.05) is 12.3 Å². The van der Waals surface area contributed by atoms with Crippen LogP contribution < -0.4 is 11.0 Å². The van der Waals surface area contributed by atoms with Crippen molar-refractivity contribution in [2.45, 2.75) is 45.4 Å². The number of aromatic nitrogens is 3. The second-order valence-corrected chi connectivity index (χ2v) is 5.26. The van der Waals surface area contributed by atoms with E-state index in [4.69, 9.17) is 0 Å². The van der Waals surface area contributed by atoms with E-state index in [1.54, 1.807) is 16.3 Å². The molecule has 1 unspecified atom stereocenters. The summed E-state index contributed by atoms with van der Waals surface area (Å²) in [6.07, 6.45) is 0. The smallest absolute Gasteiger partial charge is 0.313 e. The maximum Gasteiger partial charge on any atom is 0.343 e. The van der Waals surface area contributed by atoms with Crippen LogP contribution in [0.25, 0.3) is 0 Å². The first-order chi connectivity index (χ1) is 8.10. The molecule has 0 aliphatic heterocycles. The van der Waals surface area contributed by atoms with Crippen molar-refractivity contribution in [2.24, 2.45) is 5.92 Å². The minimum Gasteiger partial charge on any atom is -0.313 e. The topological polar surface area (TPSA) is 62.7 Å². The van der Waals surface area contributed by atoms with Crippen molar-refractivity contribution in [3.05, 3.63) is 10.5 Å². The summed E-state index contributed by atoms with van der Waals surface area (Å²) < 4.78 is 1.66. The average molecular weight is 258 g/mol. The molecule has 1 aromatic rings. The Balaban J connectivity index is 2.62. The van der Waals surface area contributed by atoms with Crippen LogP contribution in [-0.4, -0.2) is 33.1 Å². The fourth-order valence-corrected chi connectivity index (χ4v) is 2.92. The van der Waals surface area contributed by atoms with Crippen molar-refractivity contribution in [1.29, 1.82) is 0 Å². The molecule has 17 heavy (non-hydrogen) atoms. The van der Waals surface area contributed by atoms with Gasteiger partial charge in [0.25, 0.3) is 0 Å². The molecule has 0 saturated heterocycles. The summed E-state index contributed by atoms with van der Waals surface area (Å²) in [5.41, 5.74) is -0.125. The molecular formula is C11H22N4OS. The van der Waals surface area contributed by atoms with Crippen LogP contribution in [0, 0.1) is 5.92 Å². The SMILES string of the molecule is CCNC(CSc1n[nH]c(=O)n1CC)C(C)C. The Kier molecular flexibility index (Phi) is 5.77. The van der Waals surface area contributed by atoms with Crippen LogP contribution in [0.2, 0.25) is 0 Å². The molecule has 0 radical (unpaired) electrons. The molecule has 6 heteroatoms. The Morgan fingerprint density at radius 1 is 1.47 bits per heavy atom. The van der Waals surface area contributed by atoms with Crippen LogP contribution in [0.15, 0.2) is 9.95 Å². The van der Waals surface area contributed by atoms with E-state index >= 15 is 0 Å². The molecule has 0 amide bonds. The number of aromatic amines is 1. The molecule has 98 valence electrons. The van der Waals surface area contributed by atoms with Gasteiger partial charge in [0, 0.05) is 18.3 Å². The zero-order valence-electron chi connectivity index (χ0n) is 11.0. The minimum atomic E-state index is -0.125. The quantitative estimate of drug-likeness (QED) is 0.724. The number of rotatable bonds is 7. The second-order valence-electron chi connectivity index (χ2n) is 4.27. The van der Waals surface area contributed by atoms with E-state index in [0.717, 1.165) is 17.5 Å². The Labute approximate surface area is 106 Å². The fraction of sp³-hybridized carbons (Fsp3) is 0.818. The molecule has 0 aliphatic rings. The van der Waals surface area contributed by atoms with Gasteiger partial charge >= 0.3 is 5.69 Å². The number of hydrogen-bond acceptors (Lipinski definition) is 4. The highest BCUT2D eigenvalue weighted by Gasteiger charge is 2.14. The second kappa shape index (κ2) is 6.86. The Morgan fingerprint density at radius 2 is 2.18 bits per heavy atom. The maximum atomic E-state index is 11.4. The lowest BCUT2D eigenvalue weighted by molar-refractivity contribution is 0.443. The summed E-state index contributed by atoms with van der Waals surface area (Å²) in [6.45, 7) is 10.1. The van der Waals surface area contributed by atoms with Crippen LogP contribution >= 0.6 is 11.8 Å². The van der Waals surface area contributed by atoms with Crippen molar-refractivity contribution < 1.29 is 0 Å². The Morgan fingerprint density at radius 3 is 2.71 bits per heavy atom. The van der Waals surface area contributed by atoms with Gasteiger partial charge in [-0.1, -0.05) is 32.5 Å². The van der Waals surface area contributed by atoms with Gasteiger partial charge in [0.2, 0.25) is 0 Å². The van der Waals surface area contributed by atoms with Gasteiger partial charge in [-0.15, -0.1) is 5.10 Å². The van der Waals surface area contributed by atoms with E-state index in [2.05, 4.69) is 36.3 Å². The highest BCUT2D eigenvalue weighted by molar-refractivity contribution is 7.99. The number of H-pyrrole nitrogens is 1. The number of hydrogen-bond donors (Lipinski definition) is 2. The van der Waals surface area contributed by atoms with Gasteiger partial charge < -0.3 is 5.32 Å². The summed E-state index contributed by atoms with van der Waals surface area (Å²) in [4.78, 5) is 11.4. The molecule has 0 fully saturated rings. The molecular weight excluding hydrogens is 236 g/mol. The normalized spacial score (nSPS) is 13.2. The van der Waals surface area contributed by atoms with Crippen LogP contribution in [-0.2, 0) is 6.54 Å². The van der Waals surface area contributed by atoms with Gasteiger partial charge in [0.15, 0.2) is 5.16 Å². The summed E-state index contributed by atoms with van der Waals surface area (Å²) in [7, 11) is 0. The van der Waals surface area contributed by atoms with Crippen LogP contribution in [0.5, 0.6) is 0 Å². The maximum absolute atomic E-state index is 11.4. The van der Waals surface area contributed by atoms with Gasteiger partial charge in [0.1, 0.15) is 0 Å². The first kappa shape index (κ1) is 14.3. The van der Waals surface area contributed by atoms with Crippen molar-refractivity contribution in [3.8, 4) is 0 Å². The summed E-state index contributed by atoms with van der Waals surface area (Å²) in [5.74, 6) is 1.50. The van der Waals surface area contributed by atoms with Gasteiger partial charge in [-0.2, -0.15) is 0 Å². The summed E-state index contributed by atoms with van der Waals surface area (Å²) >= 11 is 1.63. The molecule has 0 bridgehead atoms. The molecule has 0 saturated carbocycles. The van der Waals surface area contributed by atoms with E-state index in [0.29, 0.717) is 18.5 Å². The first-order valence-corrected chi connectivity index (χ1v) is 7.10. The third-order valence-electron chi connectivity index (χ3n) is 2.70. The largest absolute Gasteiger partial charge is 0.343 e. The summed E-state index contributed by atoms with van der Waals surface area (Å²) in [5, 5.41) is 10.8. The standard InChI is InChI=1S/C11H22N4OS/c1-5-12-9(8(3)4)7-17-11-14-13-10(16)15(11)6-2/h8-9,12H,5-7H2,1-4H3,(H,13,16). The highest BCUT2D eigenvalue weighted by atomic mass is 32.2. The van der Waals surface area contributed by atoms with E-state index in [1.807, 2.05) is 6.92 Å². The van der Waals surface area contributed by atoms with Gasteiger partial charge in [-0.3, -0.25) is 4.57 Å². The zero-order chi connectivity index (χ0) is 12.8. The van der Waals surface area contributed by atoms with E-state index < -0.39 is 0 Å². The molecule has 1 rings (SSSR count). The van der Waals surface area contributed by atoms with Crippen molar-refractivity contribution >= 4 is 11.8 Å². The molecule has 2 N–H and O–H groups in total. The molecule has 1 atom stereocenters. The molecule has 1 heterocycles. The van der Waals surface area contributed by atoms with Crippen molar-refractivity contribution in [3.63, 3.8) is 0 Å². The first-order valence-electron chi connectivity index (χ1n) is 6.11. The highest BCUT2D eigenvalue weighted by Crippen LogP contribution is 2.17. The molecule has 0 aliphatic carbocycles. The lowest BCUT2D eigenvalue weighted by atomic mass is 10.1. The molecule has 0 spiro atoms. The van der Waals surface area contributed by atoms with Crippen molar-refractivity contribution in [1.82, 2.24) is 20.1 Å². The lowest BCUT2D eigenvalue weighted by Gasteiger charge is -2.20. The molecule has 1 aromatic heterocycles. The van der Waals surface area contributed by atoms with E-state index in [9.17, 15) is 4.79 Å². The zero-order valence-corrected chi connectivity index (χ0v) is 11.8. The molecule has 5 nitrogen and oxygen atoms in total. The fourth-order valence-electron chi connectivity index (χ4n) is 1.61. The van der Waals surface area contributed by atoms with E-state index in [-0.39, 0.29) is 5.69 Å². The third kappa shape index (κ3) is 3.89. The van der Waals surface area contributed by atoms with Crippen LogP contribution in [0.3, 0.4) is 0 Å². The van der Waals surface area contributed by atoms with Gasteiger partial charge in [-0.25, -0.2) is 9.89 Å². The average Bonchev–Trinajstić information content (AvgIpc) is 2.64. The Hall–Kier alpha value is -0.750. The van der Waals surface area contributed by atoms with E-state index in [1.165, 1.54) is 0 Å². The lowest BCUT2D eigenvalue weighted by Crippen LogP contribution is -2.35. The summed E-state index contributed by atoms with van der Waals surface area (Å²) in [6, 6.07) is 0.446.